The van der Waals surface area contributed by atoms with Crippen LogP contribution in [0.1, 0.15) is 44.1 Å². The highest BCUT2D eigenvalue weighted by atomic mass is 19.1. The Labute approximate surface area is 264 Å². The maximum Gasteiger partial charge on any atom is 0.407 e. The second kappa shape index (κ2) is 12.9. The number of ether oxygens (including phenoxy) is 2. The maximum absolute atomic E-state index is 16.3. The first-order chi connectivity index (χ1) is 22.4. The average molecular weight is 633 g/mol. The minimum atomic E-state index is -0.916. The number of nitrogens with zero attached hydrogens (tertiary/aromatic N) is 3. The molecule has 3 saturated heterocycles. The van der Waals surface area contributed by atoms with Gasteiger partial charge in [0.05, 0.1) is 17.5 Å². The summed E-state index contributed by atoms with van der Waals surface area (Å²) in [5.74, 6) is -0.724. The molecule has 0 spiro atoms. The molecule has 0 saturated carbocycles. The van der Waals surface area contributed by atoms with Gasteiger partial charge in [-0.05, 0) is 68.0 Å². The molecule has 3 fully saturated rings. The lowest BCUT2D eigenvalue weighted by molar-refractivity contribution is 0.107. The molecule has 1 amide bonds. The van der Waals surface area contributed by atoms with Crippen molar-refractivity contribution in [1.82, 2.24) is 30.5 Å². The molecular formula is C34H38F2N6O4. The Hall–Kier alpha value is -4.16. The van der Waals surface area contributed by atoms with E-state index < -0.39 is 29.2 Å². The molecule has 242 valence electrons. The number of pyridine rings is 1. The summed E-state index contributed by atoms with van der Waals surface area (Å²) in [6.07, 6.45) is 5.24. The molecule has 0 aliphatic carbocycles. The summed E-state index contributed by atoms with van der Waals surface area (Å²) in [5.41, 5.74) is 0.470. The molecule has 3 aliphatic heterocycles. The molecule has 4 aromatic rings. The van der Waals surface area contributed by atoms with Crippen molar-refractivity contribution in [3.05, 3.63) is 64.3 Å². The van der Waals surface area contributed by atoms with Gasteiger partial charge in [0.1, 0.15) is 24.0 Å². The number of carbonyl (C=O) groups excluding carboxylic acids is 1. The Kier molecular flexibility index (Phi) is 8.56. The van der Waals surface area contributed by atoms with Gasteiger partial charge in [-0.1, -0.05) is 36.4 Å². The highest BCUT2D eigenvalue weighted by Crippen LogP contribution is 2.40. The van der Waals surface area contributed by atoms with Crippen molar-refractivity contribution in [3.8, 4) is 17.3 Å². The van der Waals surface area contributed by atoms with Gasteiger partial charge in [0.25, 0.3) is 11.6 Å². The number of H-pyrrole nitrogens is 1. The number of carbonyl (C=O) groups is 1. The fourth-order valence-electron chi connectivity index (χ4n) is 7.39. The summed E-state index contributed by atoms with van der Waals surface area (Å²) in [7, 11) is 0. The number of aromatic nitrogens is 3. The smallest absolute Gasteiger partial charge is 0.407 e. The number of amides is 1. The summed E-state index contributed by atoms with van der Waals surface area (Å²) in [6, 6.07) is 11.4. The van der Waals surface area contributed by atoms with Gasteiger partial charge in [-0.25, -0.2) is 13.6 Å². The lowest BCUT2D eigenvalue weighted by Crippen LogP contribution is -2.45. The summed E-state index contributed by atoms with van der Waals surface area (Å²) in [6.45, 7) is 3.30. The van der Waals surface area contributed by atoms with Crippen molar-refractivity contribution in [3.63, 3.8) is 0 Å². The fraction of sp³-hybridized carbons (Fsp3) is 0.471. The predicted molar refractivity (Wildman–Crippen MR) is 170 cm³/mol. The highest BCUT2D eigenvalue weighted by molar-refractivity contribution is 5.99. The SMILES string of the molecule is O=C(N[C@@H]1CCCNC1)OCCCc1cccc2cccc(-c3ncc4c(=O)[nH]c(OC[C@@]56CCCN5C[C@H](F)C6)nc4c3F)c12. The molecule has 3 aliphatic rings. The highest BCUT2D eigenvalue weighted by Gasteiger charge is 2.49. The molecule has 3 atom stereocenters. The van der Waals surface area contributed by atoms with Gasteiger partial charge in [-0.2, -0.15) is 4.98 Å². The second-order valence-corrected chi connectivity index (χ2v) is 12.7. The van der Waals surface area contributed by atoms with E-state index in [1.54, 1.807) is 6.07 Å². The van der Waals surface area contributed by atoms with Crippen LogP contribution in [0.15, 0.2) is 47.4 Å². The molecule has 0 bridgehead atoms. The van der Waals surface area contributed by atoms with E-state index in [0.717, 1.165) is 61.7 Å². The van der Waals surface area contributed by atoms with E-state index in [2.05, 4.69) is 30.5 Å². The number of alkyl halides is 1. The lowest BCUT2D eigenvalue weighted by atomic mass is 9.94. The van der Waals surface area contributed by atoms with Crippen LogP contribution in [0.4, 0.5) is 13.6 Å². The topological polar surface area (TPSA) is 121 Å². The number of benzene rings is 2. The van der Waals surface area contributed by atoms with Crippen molar-refractivity contribution < 1.29 is 23.0 Å². The van der Waals surface area contributed by atoms with E-state index in [1.165, 1.54) is 6.20 Å². The van der Waals surface area contributed by atoms with Crippen molar-refractivity contribution >= 4 is 27.8 Å². The van der Waals surface area contributed by atoms with Crippen LogP contribution < -0.4 is 20.9 Å². The van der Waals surface area contributed by atoms with E-state index in [-0.39, 0.29) is 41.9 Å². The van der Waals surface area contributed by atoms with Crippen LogP contribution in [0, 0.1) is 5.82 Å². The number of hydrogen-bond donors (Lipinski definition) is 3. The third-order valence-corrected chi connectivity index (χ3v) is 9.60. The molecule has 7 rings (SSSR count). The van der Waals surface area contributed by atoms with Gasteiger partial charge in [0.2, 0.25) is 0 Å². The Balaban J connectivity index is 1.12. The largest absolute Gasteiger partial charge is 0.463 e. The zero-order valence-corrected chi connectivity index (χ0v) is 25.6. The summed E-state index contributed by atoms with van der Waals surface area (Å²) in [5, 5.41) is 7.93. The van der Waals surface area contributed by atoms with Gasteiger partial charge >= 0.3 is 6.09 Å². The molecule has 10 nitrogen and oxygen atoms in total. The third kappa shape index (κ3) is 6.03. The molecule has 0 radical (unpaired) electrons. The maximum atomic E-state index is 16.3. The van der Waals surface area contributed by atoms with Gasteiger partial charge in [0, 0.05) is 37.3 Å². The molecule has 2 aromatic carbocycles. The molecule has 5 heterocycles. The molecule has 0 unspecified atom stereocenters. The molecule has 12 heteroatoms. The van der Waals surface area contributed by atoms with Crippen LogP contribution in [0.2, 0.25) is 0 Å². The molecule has 2 aromatic heterocycles. The average Bonchev–Trinajstić information content (AvgIpc) is 3.58. The summed E-state index contributed by atoms with van der Waals surface area (Å²) in [4.78, 5) is 38.7. The zero-order valence-electron chi connectivity index (χ0n) is 25.6. The van der Waals surface area contributed by atoms with E-state index in [9.17, 15) is 14.0 Å². The minimum absolute atomic E-state index is 0.0128. The number of aromatic amines is 1. The van der Waals surface area contributed by atoms with Crippen molar-refractivity contribution in [2.45, 2.75) is 62.7 Å². The Morgan fingerprint density at radius 3 is 2.91 bits per heavy atom. The normalized spacial score (nSPS) is 23.1. The van der Waals surface area contributed by atoms with Gasteiger partial charge < -0.3 is 20.1 Å². The van der Waals surface area contributed by atoms with Crippen LogP contribution in [-0.4, -0.2) is 83.1 Å². The Morgan fingerprint density at radius 2 is 2.07 bits per heavy atom. The molecular weight excluding hydrogens is 594 g/mol. The van der Waals surface area contributed by atoms with E-state index >= 15 is 4.39 Å². The first-order valence-electron chi connectivity index (χ1n) is 16.2. The van der Waals surface area contributed by atoms with E-state index in [0.29, 0.717) is 31.4 Å². The summed E-state index contributed by atoms with van der Waals surface area (Å²) < 4.78 is 41.9. The van der Waals surface area contributed by atoms with Gasteiger partial charge in [-0.15, -0.1) is 0 Å². The van der Waals surface area contributed by atoms with Crippen LogP contribution in [0.25, 0.3) is 32.9 Å². The third-order valence-electron chi connectivity index (χ3n) is 9.60. The molecule has 46 heavy (non-hydrogen) atoms. The van der Waals surface area contributed by atoms with Crippen molar-refractivity contribution in [1.29, 1.82) is 0 Å². The van der Waals surface area contributed by atoms with Crippen LogP contribution in [0.5, 0.6) is 6.01 Å². The number of rotatable bonds is 9. The lowest BCUT2D eigenvalue weighted by Gasteiger charge is -2.30. The Morgan fingerprint density at radius 1 is 1.20 bits per heavy atom. The number of piperidine rings is 1. The monoisotopic (exact) mass is 632 g/mol. The standard InChI is InChI=1S/C34H38F2N6O4/c35-23-16-34(12-5-14-42(34)19-23)20-46-32-40-30-26(31(43)41-32)18-38-29(28(30)36)25-11-2-8-21-6-1-7-22(27(21)25)9-4-15-45-33(44)39-24-10-3-13-37-17-24/h1-2,6-8,11,18,23-24,37H,3-5,9-10,12-17,19-20H2,(H,39,44)(H,40,41,43)/t23-,24-,34+/m1/s1. The zero-order chi connectivity index (χ0) is 31.7. The van der Waals surface area contributed by atoms with Crippen LogP contribution in [0.3, 0.4) is 0 Å². The number of halogens is 2. The summed E-state index contributed by atoms with van der Waals surface area (Å²) >= 11 is 0. The number of aryl methyl sites for hydroxylation is 1. The quantitative estimate of drug-likeness (QED) is 0.228. The second-order valence-electron chi connectivity index (χ2n) is 12.7. The van der Waals surface area contributed by atoms with Gasteiger partial charge in [0.15, 0.2) is 5.82 Å². The first kappa shape index (κ1) is 30.5. The predicted octanol–water partition coefficient (Wildman–Crippen LogP) is 4.64. The number of alkyl carbamates (subject to hydrolysis) is 1. The molecule has 3 N–H and O–H groups in total. The number of nitrogens with one attached hydrogen (secondary N) is 3. The van der Waals surface area contributed by atoms with E-state index in [1.807, 2.05) is 30.3 Å². The van der Waals surface area contributed by atoms with Crippen LogP contribution >= 0.6 is 0 Å². The van der Waals surface area contributed by atoms with Gasteiger partial charge in [-0.3, -0.25) is 19.7 Å². The number of hydrogen-bond acceptors (Lipinski definition) is 8. The van der Waals surface area contributed by atoms with Crippen molar-refractivity contribution in [2.24, 2.45) is 0 Å². The van der Waals surface area contributed by atoms with Crippen LogP contribution in [-0.2, 0) is 11.2 Å². The van der Waals surface area contributed by atoms with Crippen molar-refractivity contribution in [2.75, 3.05) is 39.4 Å². The minimum Gasteiger partial charge on any atom is -0.463 e. The Bertz CT molecular complexity index is 1810. The van der Waals surface area contributed by atoms with E-state index in [4.69, 9.17) is 9.47 Å². The first-order valence-corrected chi connectivity index (χ1v) is 16.2. The fourth-order valence-corrected chi connectivity index (χ4v) is 7.39. The number of fused-ring (bicyclic) bond motifs is 3.